The van der Waals surface area contributed by atoms with Crippen molar-refractivity contribution >= 4 is 41.5 Å². The third-order valence-electron chi connectivity index (χ3n) is 1.57. The normalized spacial score (nSPS) is 11.9. The highest BCUT2D eigenvalue weighted by Crippen LogP contribution is 2.24. The second-order valence-electron chi connectivity index (χ2n) is 2.90. The lowest BCUT2D eigenvalue weighted by molar-refractivity contribution is 0.368. The number of benzene rings is 1. The largest absolute Gasteiger partial charge is 0.673 e. The van der Waals surface area contributed by atoms with Gasteiger partial charge in [-0.05, 0) is 11.3 Å². The molecule has 0 atom stereocenters. The molecule has 0 spiro atoms. The van der Waals surface area contributed by atoms with Crippen molar-refractivity contribution in [2.24, 2.45) is 0 Å². The van der Waals surface area contributed by atoms with E-state index in [1.165, 1.54) is 8.70 Å². The molecule has 98 valence electrons. The fourth-order valence-corrected chi connectivity index (χ4v) is 3.38. The zero-order valence-electron chi connectivity index (χ0n) is 9.15. The van der Waals surface area contributed by atoms with Crippen LogP contribution in [0.25, 0.3) is 10.6 Å². The van der Waals surface area contributed by atoms with Crippen LogP contribution in [0.2, 0.25) is 0 Å². The summed E-state index contributed by atoms with van der Waals surface area (Å²) >= 11 is 5.09. The molecule has 1 heterocycles. The number of hydrogen-bond acceptors (Lipinski definition) is 3. The van der Waals surface area contributed by atoms with Crippen molar-refractivity contribution in [3.05, 3.63) is 33.5 Å². The van der Waals surface area contributed by atoms with E-state index in [9.17, 15) is 17.3 Å². The lowest BCUT2D eigenvalue weighted by atomic mass is 10.2. The minimum atomic E-state index is -6.00. The molecule has 0 amide bonds. The summed E-state index contributed by atoms with van der Waals surface area (Å²) in [6, 6.07) is 10.3. The molecule has 2 aromatic rings. The van der Waals surface area contributed by atoms with Gasteiger partial charge in [0.15, 0.2) is 6.26 Å². The number of rotatable bonds is 1. The Kier molecular flexibility index (Phi) is 5.90. The molecule has 0 unspecified atom stereocenters. The van der Waals surface area contributed by atoms with Crippen LogP contribution in [0, 0.1) is 3.14 Å². The third-order valence-corrected chi connectivity index (χ3v) is 5.08. The highest BCUT2D eigenvalue weighted by Gasteiger charge is 2.20. The van der Waals surface area contributed by atoms with Crippen molar-refractivity contribution in [3.63, 3.8) is 0 Å². The van der Waals surface area contributed by atoms with Gasteiger partial charge < -0.3 is 17.3 Å². The van der Waals surface area contributed by atoms with Gasteiger partial charge >= 0.3 is 10.4 Å². The Morgan fingerprint density at radius 1 is 1.11 bits per heavy atom. The smallest absolute Gasteiger partial charge is 0.418 e. The van der Waals surface area contributed by atoms with Crippen LogP contribution in [0.4, 0.5) is 17.3 Å². The molecule has 0 saturated heterocycles. The van der Waals surface area contributed by atoms with Gasteiger partial charge in [0.25, 0.3) is 0 Å². The molecule has 1 nitrogen and oxygen atoms in total. The quantitative estimate of drug-likeness (QED) is 0.329. The van der Waals surface area contributed by atoms with Gasteiger partial charge in [-0.3, -0.25) is 0 Å². The summed E-state index contributed by atoms with van der Waals surface area (Å²) in [6.07, 6.45) is 2.08. The molecule has 0 aliphatic heterocycles. The van der Waals surface area contributed by atoms with E-state index in [2.05, 4.69) is 22.8 Å². The van der Waals surface area contributed by atoms with Gasteiger partial charge in [-0.2, -0.15) is 4.37 Å². The third kappa shape index (κ3) is 6.22. The Morgan fingerprint density at radius 3 is 2.11 bits per heavy atom. The summed E-state index contributed by atoms with van der Waals surface area (Å²) in [7, 11) is -6.00. The fourth-order valence-electron chi connectivity index (χ4n) is 0.966. The predicted octanol–water partition coefficient (Wildman–Crippen LogP) is 4.42. The van der Waals surface area contributed by atoms with Crippen LogP contribution < -0.4 is 0 Å². The maximum absolute atomic E-state index is 9.75. The minimum Gasteiger partial charge on any atom is -0.418 e. The molecule has 1 aromatic carbocycles. The van der Waals surface area contributed by atoms with E-state index >= 15 is 0 Å². The summed E-state index contributed by atoms with van der Waals surface area (Å²) in [4.78, 5) is 0. The highest BCUT2D eigenvalue weighted by molar-refractivity contribution is 7.74. The number of nitrogens with zero attached hydrogens (tertiary/aromatic N) is 1. The van der Waals surface area contributed by atoms with Crippen molar-refractivity contribution in [2.45, 2.75) is 0 Å². The van der Waals surface area contributed by atoms with Crippen molar-refractivity contribution < 1.29 is 17.3 Å². The molecule has 9 heteroatoms. The zero-order chi connectivity index (χ0) is 13.6. The van der Waals surface area contributed by atoms with E-state index in [0.717, 1.165) is 5.01 Å². The number of aromatic nitrogens is 1. The van der Waals surface area contributed by atoms with Crippen molar-refractivity contribution in [2.75, 3.05) is 6.26 Å². The van der Waals surface area contributed by atoms with Gasteiger partial charge in [-0.1, -0.05) is 30.3 Å². The lowest BCUT2D eigenvalue weighted by Crippen LogP contribution is -2.02. The van der Waals surface area contributed by atoms with Crippen molar-refractivity contribution in [1.29, 1.82) is 0 Å². The average molecular weight is 313 g/mol. The minimum absolute atomic E-state index is 1.12. The molecule has 0 aliphatic carbocycles. The molecule has 0 aliphatic rings. The van der Waals surface area contributed by atoms with Crippen LogP contribution in [0.3, 0.4) is 0 Å². The number of halogens is 4. The SMILES string of the molecule is C[S+]=c1snc(-c2ccccc2)s1.F[B-](F)(F)F. The van der Waals surface area contributed by atoms with Gasteiger partial charge in [0, 0.05) is 17.1 Å². The average Bonchev–Trinajstić information content (AvgIpc) is 2.76. The first-order valence-corrected chi connectivity index (χ1v) is 7.48. The van der Waals surface area contributed by atoms with E-state index < -0.39 is 7.25 Å². The van der Waals surface area contributed by atoms with Crippen molar-refractivity contribution in [3.8, 4) is 10.6 Å². The van der Waals surface area contributed by atoms with E-state index in [0.29, 0.717) is 0 Å². The molecule has 0 saturated carbocycles. The second kappa shape index (κ2) is 6.96. The summed E-state index contributed by atoms with van der Waals surface area (Å²) in [5, 5.41) is 1.12. The van der Waals surface area contributed by atoms with Crippen molar-refractivity contribution in [1.82, 2.24) is 4.37 Å². The van der Waals surface area contributed by atoms with Gasteiger partial charge in [0.2, 0.25) is 11.4 Å². The maximum atomic E-state index is 9.75. The number of hydrogen-bond donors (Lipinski definition) is 0. The maximum Gasteiger partial charge on any atom is 0.673 e. The van der Waals surface area contributed by atoms with Gasteiger partial charge in [0.1, 0.15) is 5.01 Å². The topological polar surface area (TPSA) is 12.9 Å². The van der Waals surface area contributed by atoms with Crippen LogP contribution in [-0.4, -0.2) is 17.9 Å². The van der Waals surface area contributed by atoms with E-state index in [-0.39, 0.29) is 0 Å². The van der Waals surface area contributed by atoms with Crippen LogP contribution in [0.1, 0.15) is 0 Å². The molecule has 0 fully saturated rings. The lowest BCUT2D eigenvalue weighted by Gasteiger charge is -1.94. The van der Waals surface area contributed by atoms with E-state index in [4.69, 9.17) is 0 Å². The summed E-state index contributed by atoms with van der Waals surface area (Å²) in [5.74, 6) is 0. The fraction of sp³-hybridized carbons (Fsp3) is 0.111. The van der Waals surface area contributed by atoms with Gasteiger partial charge in [-0.15, -0.1) is 0 Å². The summed E-state index contributed by atoms with van der Waals surface area (Å²) in [5.41, 5.74) is 1.21. The van der Waals surface area contributed by atoms with Gasteiger partial charge in [-0.25, -0.2) is 0 Å². The second-order valence-corrected chi connectivity index (χ2v) is 6.27. The Labute approximate surface area is 113 Å². The van der Waals surface area contributed by atoms with E-state index in [1.807, 2.05) is 18.2 Å². The predicted molar refractivity (Wildman–Crippen MR) is 72.1 cm³/mol. The molecule has 0 bridgehead atoms. The molecule has 18 heavy (non-hydrogen) atoms. The molecule has 0 radical (unpaired) electrons. The van der Waals surface area contributed by atoms with E-state index in [1.54, 1.807) is 34.2 Å². The highest BCUT2D eigenvalue weighted by atomic mass is 32.2. The summed E-state index contributed by atoms with van der Waals surface area (Å²) in [6.45, 7) is 0. The van der Waals surface area contributed by atoms with Crippen LogP contribution in [0.15, 0.2) is 30.3 Å². The van der Waals surface area contributed by atoms with Crippen LogP contribution >= 0.6 is 22.9 Å². The Bertz CT molecular complexity index is 528. The molecular formula is C9H8BF4NS3. The summed E-state index contributed by atoms with van der Waals surface area (Å²) < 4.78 is 44.7. The Balaban J connectivity index is 0.000000280. The monoisotopic (exact) mass is 313 g/mol. The molecule has 0 N–H and O–H groups in total. The zero-order valence-corrected chi connectivity index (χ0v) is 11.6. The Morgan fingerprint density at radius 2 is 1.67 bits per heavy atom. The first kappa shape index (κ1) is 15.3. The molecule has 2 rings (SSSR count). The van der Waals surface area contributed by atoms with Gasteiger partial charge in [0.05, 0.1) is 0 Å². The standard InChI is InChI=1S/C9H8NS3.BF4/c1-11-9-12-8(10-13-9)7-5-3-2-4-6-7;2-1(3,4)5/h2-6H,1H3;/q+1;-1. The molecule has 1 aromatic heterocycles. The Hall–Kier alpha value is -0.795. The van der Waals surface area contributed by atoms with Crippen LogP contribution in [0.5, 0.6) is 0 Å². The first-order valence-electron chi connectivity index (χ1n) is 4.66. The first-order chi connectivity index (χ1) is 8.40. The van der Waals surface area contributed by atoms with Crippen LogP contribution in [-0.2, 0) is 11.4 Å². The molecular weight excluding hydrogens is 305 g/mol.